The number of hydrogen-bond acceptors (Lipinski definition) is 2. The molecular formula is C20H27N3O. The normalized spacial score (nSPS) is 21.5. The third kappa shape index (κ3) is 2.97. The van der Waals surface area contributed by atoms with Gasteiger partial charge in [0.25, 0.3) is 0 Å². The van der Waals surface area contributed by atoms with Crippen LogP contribution >= 0.6 is 0 Å². The lowest BCUT2D eigenvalue weighted by Crippen LogP contribution is -2.36. The largest absolute Gasteiger partial charge is 0.345 e. The zero-order chi connectivity index (χ0) is 17.4. The molecule has 0 aliphatic heterocycles. The van der Waals surface area contributed by atoms with E-state index in [4.69, 9.17) is 0 Å². The van der Waals surface area contributed by atoms with Gasteiger partial charge in [0.15, 0.2) is 0 Å². The molecule has 0 saturated heterocycles. The van der Waals surface area contributed by atoms with Gasteiger partial charge in [-0.1, -0.05) is 44.2 Å². The van der Waals surface area contributed by atoms with Crippen LogP contribution in [0.3, 0.4) is 0 Å². The lowest BCUT2D eigenvalue weighted by molar-refractivity contribution is -0.130. The Kier molecular flexibility index (Phi) is 4.24. The second-order valence-corrected chi connectivity index (χ2v) is 7.70. The predicted octanol–water partition coefficient (Wildman–Crippen LogP) is 3.18. The predicted molar refractivity (Wildman–Crippen MR) is 95.7 cm³/mol. The second-order valence-electron chi connectivity index (χ2n) is 7.70. The van der Waals surface area contributed by atoms with Crippen LogP contribution in [0.4, 0.5) is 0 Å². The van der Waals surface area contributed by atoms with Gasteiger partial charge in [-0.05, 0) is 29.9 Å². The second kappa shape index (κ2) is 6.08. The fourth-order valence-electron chi connectivity index (χ4n) is 3.89. The van der Waals surface area contributed by atoms with Crippen molar-refractivity contribution in [1.29, 1.82) is 0 Å². The number of carbonyl (C=O) groups is 1. The number of benzene rings is 1. The molecule has 0 radical (unpaired) electrons. The van der Waals surface area contributed by atoms with Gasteiger partial charge in [0, 0.05) is 44.4 Å². The van der Waals surface area contributed by atoms with Crippen molar-refractivity contribution in [3.63, 3.8) is 0 Å². The van der Waals surface area contributed by atoms with Crippen molar-refractivity contribution >= 4 is 5.91 Å². The maximum atomic E-state index is 12.6. The SMILES string of the molecule is CN(C[C@]1(c2ccccc2)CC1(C)C)C(=O)CCc1ccnn1C. The third-order valence-electron chi connectivity index (χ3n) is 5.69. The summed E-state index contributed by atoms with van der Waals surface area (Å²) in [6.45, 7) is 5.39. The summed E-state index contributed by atoms with van der Waals surface area (Å²) in [5, 5.41) is 4.16. The smallest absolute Gasteiger partial charge is 0.222 e. The third-order valence-corrected chi connectivity index (χ3v) is 5.69. The molecule has 1 aromatic heterocycles. The van der Waals surface area contributed by atoms with E-state index in [1.807, 2.05) is 29.7 Å². The molecule has 0 spiro atoms. The van der Waals surface area contributed by atoms with E-state index in [1.165, 1.54) is 5.56 Å². The average Bonchev–Trinajstić information content (AvgIpc) is 2.89. The van der Waals surface area contributed by atoms with Crippen molar-refractivity contribution in [3.8, 4) is 0 Å². The summed E-state index contributed by atoms with van der Waals surface area (Å²) in [7, 11) is 3.85. The highest BCUT2D eigenvalue weighted by Crippen LogP contribution is 2.64. The number of rotatable bonds is 6. The van der Waals surface area contributed by atoms with E-state index < -0.39 is 0 Å². The summed E-state index contributed by atoms with van der Waals surface area (Å²) in [6.07, 6.45) is 4.17. The number of likely N-dealkylation sites (N-methyl/N-ethyl adjacent to an activating group) is 1. The molecule has 0 bridgehead atoms. The van der Waals surface area contributed by atoms with E-state index in [1.54, 1.807) is 6.20 Å². The van der Waals surface area contributed by atoms with Crippen LogP contribution in [0.25, 0.3) is 0 Å². The van der Waals surface area contributed by atoms with Crippen molar-refractivity contribution in [2.75, 3.05) is 13.6 Å². The Morgan fingerprint density at radius 1 is 1.25 bits per heavy atom. The standard InChI is InChI=1S/C20H27N3O/c1-19(2)14-20(19,16-8-6-5-7-9-16)15-22(3)18(24)11-10-17-12-13-21-23(17)4/h5-9,12-13H,10-11,14-15H2,1-4H3/t20-/m0/s1. The number of amides is 1. The molecule has 1 amide bonds. The first-order chi connectivity index (χ1) is 11.4. The average molecular weight is 325 g/mol. The molecule has 1 aromatic carbocycles. The minimum Gasteiger partial charge on any atom is -0.345 e. The van der Waals surface area contributed by atoms with E-state index in [2.05, 4.69) is 49.3 Å². The molecule has 3 rings (SSSR count). The fraction of sp³-hybridized carbons (Fsp3) is 0.500. The maximum absolute atomic E-state index is 12.6. The first-order valence-electron chi connectivity index (χ1n) is 8.62. The monoisotopic (exact) mass is 325 g/mol. The molecule has 24 heavy (non-hydrogen) atoms. The summed E-state index contributed by atoms with van der Waals surface area (Å²) >= 11 is 0. The van der Waals surface area contributed by atoms with Crippen LogP contribution in [0.1, 0.15) is 37.9 Å². The minimum atomic E-state index is 0.0885. The zero-order valence-electron chi connectivity index (χ0n) is 15.1. The van der Waals surface area contributed by atoms with Crippen LogP contribution in [0, 0.1) is 5.41 Å². The highest BCUT2D eigenvalue weighted by molar-refractivity contribution is 5.76. The Balaban J connectivity index is 1.66. The maximum Gasteiger partial charge on any atom is 0.222 e. The van der Waals surface area contributed by atoms with Gasteiger partial charge in [-0.15, -0.1) is 0 Å². The number of carbonyl (C=O) groups excluding carboxylic acids is 1. The Morgan fingerprint density at radius 3 is 2.46 bits per heavy atom. The van der Waals surface area contributed by atoms with Gasteiger partial charge >= 0.3 is 0 Å². The highest BCUT2D eigenvalue weighted by Gasteiger charge is 2.62. The van der Waals surface area contributed by atoms with Crippen molar-refractivity contribution in [1.82, 2.24) is 14.7 Å². The van der Waals surface area contributed by atoms with Gasteiger partial charge in [0.05, 0.1) is 0 Å². The van der Waals surface area contributed by atoms with E-state index in [-0.39, 0.29) is 16.7 Å². The Labute approximate surface area is 144 Å². The summed E-state index contributed by atoms with van der Waals surface area (Å²) < 4.78 is 1.84. The summed E-state index contributed by atoms with van der Waals surface area (Å²) in [4.78, 5) is 14.5. The van der Waals surface area contributed by atoms with Crippen molar-refractivity contribution in [3.05, 3.63) is 53.9 Å². The van der Waals surface area contributed by atoms with Crippen LogP contribution in [0.2, 0.25) is 0 Å². The summed E-state index contributed by atoms with van der Waals surface area (Å²) in [5.41, 5.74) is 2.78. The number of aryl methyl sites for hydroxylation is 2. The fourth-order valence-corrected chi connectivity index (χ4v) is 3.89. The van der Waals surface area contributed by atoms with Gasteiger partial charge in [-0.2, -0.15) is 5.10 Å². The molecule has 1 aliphatic carbocycles. The first-order valence-corrected chi connectivity index (χ1v) is 8.62. The lowest BCUT2D eigenvalue weighted by atomic mass is 9.87. The molecule has 4 nitrogen and oxygen atoms in total. The van der Waals surface area contributed by atoms with Crippen molar-refractivity contribution < 1.29 is 4.79 Å². The van der Waals surface area contributed by atoms with E-state index in [9.17, 15) is 4.79 Å². The Morgan fingerprint density at radius 2 is 1.92 bits per heavy atom. The molecule has 0 N–H and O–H groups in total. The van der Waals surface area contributed by atoms with E-state index >= 15 is 0 Å². The van der Waals surface area contributed by atoms with Gasteiger partial charge in [-0.3, -0.25) is 9.48 Å². The number of aromatic nitrogens is 2. The van der Waals surface area contributed by atoms with E-state index in [0.717, 1.165) is 25.1 Å². The van der Waals surface area contributed by atoms with Gasteiger partial charge in [0.1, 0.15) is 0 Å². The molecule has 1 heterocycles. The van der Waals surface area contributed by atoms with E-state index in [0.29, 0.717) is 6.42 Å². The topological polar surface area (TPSA) is 38.1 Å². The van der Waals surface area contributed by atoms with Crippen LogP contribution < -0.4 is 0 Å². The van der Waals surface area contributed by atoms with Crippen LogP contribution in [-0.2, 0) is 23.7 Å². The molecule has 1 aliphatic rings. The zero-order valence-corrected chi connectivity index (χ0v) is 15.1. The molecule has 1 saturated carbocycles. The van der Waals surface area contributed by atoms with Crippen LogP contribution in [0.5, 0.6) is 0 Å². The van der Waals surface area contributed by atoms with Crippen molar-refractivity contribution in [2.24, 2.45) is 12.5 Å². The van der Waals surface area contributed by atoms with Gasteiger partial charge in [0.2, 0.25) is 5.91 Å². The Hall–Kier alpha value is -2.10. The van der Waals surface area contributed by atoms with Gasteiger partial charge in [-0.25, -0.2) is 0 Å². The molecule has 4 heteroatoms. The quantitative estimate of drug-likeness (QED) is 0.818. The van der Waals surface area contributed by atoms with Gasteiger partial charge < -0.3 is 4.90 Å². The lowest BCUT2D eigenvalue weighted by Gasteiger charge is -2.28. The summed E-state index contributed by atoms with van der Waals surface area (Å²) in [6, 6.07) is 12.6. The van der Waals surface area contributed by atoms with Crippen LogP contribution in [-0.4, -0.2) is 34.2 Å². The number of hydrogen-bond donors (Lipinski definition) is 0. The summed E-state index contributed by atoms with van der Waals surface area (Å²) in [5.74, 6) is 0.203. The molecule has 128 valence electrons. The molecule has 0 unspecified atom stereocenters. The molecule has 2 aromatic rings. The van der Waals surface area contributed by atoms with Crippen molar-refractivity contribution in [2.45, 2.75) is 38.5 Å². The highest BCUT2D eigenvalue weighted by atomic mass is 16.2. The molecule has 1 fully saturated rings. The Bertz CT molecular complexity index is 719. The first kappa shape index (κ1) is 16.7. The molecular weight excluding hydrogens is 298 g/mol. The minimum absolute atomic E-state index is 0.0885. The van der Waals surface area contributed by atoms with Crippen LogP contribution in [0.15, 0.2) is 42.6 Å². The molecule has 1 atom stereocenters. The number of nitrogens with zero attached hydrogens (tertiary/aromatic N) is 3.